The molecule has 5 heteroatoms. The van der Waals surface area contributed by atoms with Gasteiger partial charge in [-0.25, -0.2) is 13.2 Å². The van der Waals surface area contributed by atoms with Crippen molar-refractivity contribution >= 4 is 0 Å². The van der Waals surface area contributed by atoms with Gasteiger partial charge in [0.2, 0.25) is 0 Å². The van der Waals surface area contributed by atoms with Gasteiger partial charge in [-0.05, 0) is 41.8 Å². The van der Waals surface area contributed by atoms with Crippen LogP contribution in [0.4, 0.5) is 13.2 Å². The van der Waals surface area contributed by atoms with E-state index in [0.29, 0.717) is 11.1 Å². The summed E-state index contributed by atoms with van der Waals surface area (Å²) >= 11 is 0. The predicted molar refractivity (Wildman–Crippen MR) is 74.3 cm³/mol. The molecule has 0 saturated carbocycles. The monoisotopic (exact) mass is 295 g/mol. The van der Waals surface area contributed by atoms with Gasteiger partial charge >= 0.3 is 0 Å². The number of hydrogen-bond acceptors (Lipinski definition) is 2. The molecule has 2 aromatic rings. The summed E-state index contributed by atoms with van der Waals surface area (Å²) in [5.41, 5.74) is 5.84. The van der Waals surface area contributed by atoms with Crippen molar-refractivity contribution in [2.45, 2.75) is 11.8 Å². The van der Waals surface area contributed by atoms with Crippen molar-refractivity contribution in [2.75, 3.05) is 13.2 Å². The average molecular weight is 295 g/mol. The van der Waals surface area contributed by atoms with Gasteiger partial charge < -0.3 is 10.8 Å². The largest absolute Gasteiger partial charge is 0.395 e. The van der Waals surface area contributed by atoms with Crippen molar-refractivity contribution < 1.29 is 18.3 Å². The molecule has 0 aliphatic heterocycles. The van der Waals surface area contributed by atoms with Crippen LogP contribution in [0.25, 0.3) is 0 Å². The van der Waals surface area contributed by atoms with Crippen LogP contribution in [-0.2, 0) is 11.8 Å². The third-order valence-corrected chi connectivity index (χ3v) is 3.66. The smallest absolute Gasteiger partial charge is 0.159 e. The Labute approximate surface area is 121 Å². The molecule has 0 spiro atoms. The first-order chi connectivity index (χ1) is 10.0. The Kier molecular flexibility index (Phi) is 4.65. The third kappa shape index (κ3) is 3.25. The highest BCUT2D eigenvalue weighted by atomic mass is 19.2. The summed E-state index contributed by atoms with van der Waals surface area (Å²) in [7, 11) is 0. The minimum Gasteiger partial charge on any atom is -0.395 e. The van der Waals surface area contributed by atoms with Crippen molar-refractivity contribution in [1.82, 2.24) is 0 Å². The molecule has 0 bridgehead atoms. The van der Waals surface area contributed by atoms with E-state index < -0.39 is 22.9 Å². The molecule has 2 nitrogen and oxygen atoms in total. The molecule has 0 heterocycles. The number of aliphatic hydroxyl groups excluding tert-OH is 1. The van der Waals surface area contributed by atoms with Gasteiger partial charge in [0.05, 0.1) is 6.61 Å². The first-order valence-corrected chi connectivity index (χ1v) is 6.52. The number of benzene rings is 2. The zero-order chi connectivity index (χ0) is 15.5. The number of rotatable bonds is 5. The van der Waals surface area contributed by atoms with E-state index in [1.165, 1.54) is 24.3 Å². The van der Waals surface area contributed by atoms with Gasteiger partial charge in [-0.15, -0.1) is 0 Å². The lowest BCUT2D eigenvalue weighted by Crippen LogP contribution is -2.41. The van der Waals surface area contributed by atoms with E-state index in [4.69, 9.17) is 5.73 Å². The van der Waals surface area contributed by atoms with Gasteiger partial charge in [0.1, 0.15) is 5.82 Å². The van der Waals surface area contributed by atoms with E-state index in [1.807, 2.05) is 0 Å². The average Bonchev–Trinajstić information content (AvgIpc) is 2.48. The summed E-state index contributed by atoms with van der Waals surface area (Å²) in [5, 5.41) is 9.74. The molecule has 2 rings (SSSR count). The Morgan fingerprint density at radius 3 is 2.33 bits per heavy atom. The van der Waals surface area contributed by atoms with Gasteiger partial charge in [0.15, 0.2) is 11.6 Å². The lowest BCUT2D eigenvalue weighted by Gasteiger charge is -2.31. The molecule has 0 amide bonds. The lowest BCUT2D eigenvalue weighted by molar-refractivity contribution is 0.195. The zero-order valence-electron chi connectivity index (χ0n) is 11.3. The number of nitrogens with two attached hydrogens (primary N) is 1. The Bertz CT molecular complexity index is 627. The molecular formula is C16H16F3NO. The molecule has 1 atom stereocenters. The Hall–Kier alpha value is -1.85. The van der Waals surface area contributed by atoms with E-state index in [2.05, 4.69) is 0 Å². The summed E-state index contributed by atoms with van der Waals surface area (Å²) in [6, 6.07) is 9.28. The maximum Gasteiger partial charge on any atom is 0.159 e. The highest BCUT2D eigenvalue weighted by Gasteiger charge is 2.31. The predicted octanol–water partition coefficient (Wildman–Crippen LogP) is 2.54. The summed E-state index contributed by atoms with van der Waals surface area (Å²) in [6.45, 7) is -0.280. The van der Waals surface area contributed by atoms with E-state index in [-0.39, 0.29) is 19.6 Å². The van der Waals surface area contributed by atoms with Gasteiger partial charge in [0, 0.05) is 12.0 Å². The van der Waals surface area contributed by atoms with Crippen molar-refractivity contribution in [3.05, 3.63) is 71.0 Å². The van der Waals surface area contributed by atoms with E-state index >= 15 is 0 Å². The van der Waals surface area contributed by atoms with Crippen LogP contribution in [0.2, 0.25) is 0 Å². The second-order valence-corrected chi connectivity index (χ2v) is 5.08. The maximum absolute atomic E-state index is 13.4. The van der Waals surface area contributed by atoms with Crippen molar-refractivity contribution in [3.8, 4) is 0 Å². The standard InChI is InChI=1S/C16H16F3NO/c17-13-3-1-2-12(7-13)16(9-20,10-21)8-11-4-5-14(18)15(19)6-11/h1-7,21H,8-10,20H2. The van der Waals surface area contributed by atoms with Crippen LogP contribution in [0.1, 0.15) is 11.1 Å². The maximum atomic E-state index is 13.4. The molecule has 1 unspecified atom stereocenters. The molecule has 0 radical (unpaired) electrons. The quantitative estimate of drug-likeness (QED) is 0.890. The van der Waals surface area contributed by atoms with E-state index in [1.54, 1.807) is 6.07 Å². The van der Waals surface area contributed by atoms with Crippen LogP contribution in [0.3, 0.4) is 0 Å². The van der Waals surface area contributed by atoms with Crippen LogP contribution in [0.15, 0.2) is 42.5 Å². The van der Waals surface area contributed by atoms with Crippen LogP contribution in [-0.4, -0.2) is 18.3 Å². The van der Waals surface area contributed by atoms with Gasteiger partial charge in [-0.2, -0.15) is 0 Å². The minimum absolute atomic E-state index is 0.0476. The first-order valence-electron chi connectivity index (χ1n) is 6.52. The van der Waals surface area contributed by atoms with Crippen LogP contribution in [0, 0.1) is 17.5 Å². The van der Waals surface area contributed by atoms with E-state index in [0.717, 1.165) is 12.1 Å². The number of halogens is 3. The second kappa shape index (κ2) is 6.28. The second-order valence-electron chi connectivity index (χ2n) is 5.08. The first kappa shape index (κ1) is 15.5. The van der Waals surface area contributed by atoms with Gasteiger partial charge in [-0.3, -0.25) is 0 Å². The molecular weight excluding hydrogens is 279 g/mol. The summed E-state index contributed by atoms with van der Waals surface area (Å²) in [4.78, 5) is 0. The fourth-order valence-corrected chi connectivity index (χ4v) is 2.36. The molecule has 2 aromatic carbocycles. The lowest BCUT2D eigenvalue weighted by atomic mass is 9.76. The van der Waals surface area contributed by atoms with Crippen molar-refractivity contribution in [2.24, 2.45) is 5.73 Å². The van der Waals surface area contributed by atoms with Crippen molar-refractivity contribution in [3.63, 3.8) is 0 Å². The summed E-state index contributed by atoms with van der Waals surface area (Å²) < 4.78 is 39.7. The molecule has 0 fully saturated rings. The van der Waals surface area contributed by atoms with Crippen molar-refractivity contribution in [1.29, 1.82) is 0 Å². The molecule has 0 saturated heterocycles. The Balaban J connectivity index is 2.40. The third-order valence-electron chi connectivity index (χ3n) is 3.66. The summed E-state index contributed by atoms with van der Waals surface area (Å²) in [5.74, 6) is -2.34. The number of hydrogen-bond donors (Lipinski definition) is 2. The topological polar surface area (TPSA) is 46.2 Å². The fourth-order valence-electron chi connectivity index (χ4n) is 2.36. The molecule has 0 aliphatic carbocycles. The highest BCUT2D eigenvalue weighted by Crippen LogP contribution is 2.28. The molecule has 0 aliphatic rings. The van der Waals surface area contributed by atoms with Gasteiger partial charge in [0.25, 0.3) is 0 Å². The highest BCUT2D eigenvalue weighted by molar-refractivity contribution is 5.31. The van der Waals surface area contributed by atoms with Crippen LogP contribution < -0.4 is 5.73 Å². The minimum atomic E-state index is -0.962. The van der Waals surface area contributed by atoms with Gasteiger partial charge in [-0.1, -0.05) is 18.2 Å². The molecule has 112 valence electrons. The number of aliphatic hydroxyl groups is 1. The molecule has 21 heavy (non-hydrogen) atoms. The fraction of sp³-hybridized carbons (Fsp3) is 0.250. The molecule has 3 N–H and O–H groups in total. The van der Waals surface area contributed by atoms with Crippen LogP contribution >= 0.6 is 0 Å². The Morgan fingerprint density at radius 1 is 1.00 bits per heavy atom. The zero-order valence-corrected chi connectivity index (χ0v) is 11.3. The van der Waals surface area contributed by atoms with E-state index in [9.17, 15) is 18.3 Å². The normalized spacial score (nSPS) is 14.0. The van der Waals surface area contributed by atoms with Crippen LogP contribution in [0.5, 0.6) is 0 Å². The molecule has 0 aromatic heterocycles. The summed E-state index contributed by atoms with van der Waals surface area (Å²) in [6.07, 6.45) is 0.181. The SMILES string of the molecule is NCC(CO)(Cc1ccc(F)c(F)c1)c1cccc(F)c1. The Morgan fingerprint density at radius 2 is 1.76 bits per heavy atom.